The number of nitrogens with two attached hydrogens (primary N) is 1. The lowest BCUT2D eigenvalue weighted by Crippen LogP contribution is -2.06. The van der Waals surface area contributed by atoms with Gasteiger partial charge in [0.1, 0.15) is 5.52 Å². The molecule has 0 aromatic carbocycles. The molecule has 0 fully saturated rings. The number of nitrogen functional groups attached to an aromatic ring is 1. The number of nitrogens with zero attached hydrogens (tertiary/aromatic N) is 5. The summed E-state index contributed by atoms with van der Waals surface area (Å²) in [6, 6.07) is 3.68. The van der Waals surface area contributed by atoms with Crippen LogP contribution in [0.15, 0.2) is 24.5 Å². The number of rotatable bonds is 2. The average molecular weight is 263 g/mol. The molecule has 0 spiro atoms. The molecule has 7 heteroatoms. The standard InChI is InChI=1S/C11H11ClN6/c1-17-3-2-8(16-17)6-18-10-9(15-11(18)13)4-7(12)5-14-10/h2-5H,6H2,1H3,(H2,13,15). The summed E-state index contributed by atoms with van der Waals surface area (Å²) in [5, 5.41) is 4.86. The Bertz CT molecular complexity index is 713. The van der Waals surface area contributed by atoms with Gasteiger partial charge >= 0.3 is 0 Å². The minimum atomic E-state index is 0.408. The number of hydrogen-bond acceptors (Lipinski definition) is 4. The zero-order valence-corrected chi connectivity index (χ0v) is 10.5. The predicted octanol–water partition coefficient (Wildman–Crippen LogP) is 1.45. The van der Waals surface area contributed by atoms with Crippen molar-refractivity contribution in [3.05, 3.63) is 35.2 Å². The van der Waals surface area contributed by atoms with E-state index in [-0.39, 0.29) is 0 Å². The first-order valence-corrected chi connectivity index (χ1v) is 5.77. The highest BCUT2D eigenvalue weighted by Crippen LogP contribution is 2.19. The lowest BCUT2D eigenvalue weighted by Gasteiger charge is -2.02. The highest BCUT2D eigenvalue weighted by atomic mass is 35.5. The summed E-state index contributed by atoms with van der Waals surface area (Å²) >= 11 is 5.88. The van der Waals surface area contributed by atoms with E-state index in [1.54, 1.807) is 16.9 Å². The Morgan fingerprint density at radius 1 is 1.44 bits per heavy atom. The molecule has 0 amide bonds. The summed E-state index contributed by atoms with van der Waals surface area (Å²) in [5.41, 5.74) is 8.20. The van der Waals surface area contributed by atoms with Gasteiger partial charge in [-0.2, -0.15) is 5.10 Å². The first-order chi connectivity index (χ1) is 8.63. The molecular weight excluding hydrogens is 252 g/mol. The summed E-state index contributed by atoms with van der Waals surface area (Å²) in [4.78, 5) is 8.49. The van der Waals surface area contributed by atoms with Crippen molar-refractivity contribution in [2.45, 2.75) is 6.54 Å². The summed E-state index contributed by atoms with van der Waals surface area (Å²) in [6.45, 7) is 0.539. The van der Waals surface area contributed by atoms with E-state index < -0.39 is 0 Å². The summed E-state index contributed by atoms with van der Waals surface area (Å²) in [5.74, 6) is 0.408. The minimum Gasteiger partial charge on any atom is -0.369 e. The molecule has 0 saturated heterocycles. The molecule has 3 heterocycles. The van der Waals surface area contributed by atoms with E-state index in [2.05, 4.69) is 15.1 Å². The molecular formula is C11H11ClN6. The van der Waals surface area contributed by atoms with Crippen molar-refractivity contribution in [2.24, 2.45) is 7.05 Å². The second-order valence-electron chi connectivity index (χ2n) is 4.03. The van der Waals surface area contributed by atoms with Crippen LogP contribution < -0.4 is 5.73 Å². The number of aromatic nitrogens is 5. The van der Waals surface area contributed by atoms with Crippen LogP contribution in [0.5, 0.6) is 0 Å². The Balaban J connectivity index is 2.08. The normalized spacial score (nSPS) is 11.2. The zero-order valence-electron chi connectivity index (χ0n) is 9.71. The number of imidazole rings is 1. The third-order valence-electron chi connectivity index (χ3n) is 2.67. The van der Waals surface area contributed by atoms with Crippen molar-refractivity contribution in [1.82, 2.24) is 24.3 Å². The van der Waals surface area contributed by atoms with Crippen LogP contribution in [-0.4, -0.2) is 24.3 Å². The van der Waals surface area contributed by atoms with Crippen LogP contribution in [0, 0.1) is 0 Å². The van der Waals surface area contributed by atoms with Crippen LogP contribution in [0.25, 0.3) is 11.2 Å². The van der Waals surface area contributed by atoms with Gasteiger partial charge in [0.05, 0.1) is 17.3 Å². The molecule has 3 rings (SSSR count). The van der Waals surface area contributed by atoms with E-state index in [9.17, 15) is 0 Å². The maximum atomic E-state index is 5.89. The predicted molar refractivity (Wildman–Crippen MR) is 69.3 cm³/mol. The highest BCUT2D eigenvalue weighted by molar-refractivity contribution is 6.31. The second kappa shape index (κ2) is 3.99. The first kappa shape index (κ1) is 11.0. The zero-order chi connectivity index (χ0) is 12.7. The molecule has 0 bridgehead atoms. The van der Waals surface area contributed by atoms with Gasteiger partial charge in [-0.1, -0.05) is 11.6 Å². The molecule has 0 saturated carbocycles. The van der Waals surface area contributed by atoms with E-state index >= 15 is 0 Å². The number of hydrogen-bond donors (Lipinski definition) is 1. The monoisotopic (exact) mass is 262 g/mol. The Kier molecular flexibility index (Phi) is 2.45. The smallest absolute Gasteiger partial charge is 0.202 e. The van der Waals surface area contributed by atoms with Crippen LogP contribution in [0.4, 0.5) is 5.95 Å². The van der Waals surface area contributed by atoms with E-state index in [0.29, 0.717) is 28.7 Å². The van der Waals surface area contributed by atoms with Crippen molar-refractivity contribution in [1.29, 1.82) is 0 Å². The van der Waals surface area contributed by atoms with E-state index in [1.165, 1.54) is 0 Å². The van der Waals surface area contributed by atoms with Gasteiger partial charge in [0.2, 0.25) is 5.95 Å². The average Bonchev–Trinajstić information content (AvgIpc) is 2.84. The van der Waals surface area contributed by atoms with Crippen molar-refractivity contribution in [3.8, 4) is 0 Å². The van der Waals surface area contributed by atoms with Gasteiger partial charge in [-0.3, -0.25) is 9.25 Å². The summed E-state index contributed by atoms with van der Waals surface area (Å²) in [7, 11) is 1.87. The Morgan fingerprint density at radius 3 is 3.00 bits per heavy atom. The van der Waals surface area contributed by atoms with Crippen LogP contribution in [0.3, 0.4) is 0 Å². The topological polar surface area (TPSA) is 74.5 Å². The van der Waals surface area contributed by atoms with E-state index in [0.717, 1.165) is 5.69 Å². The molecule has 3 aromatic rings. The second-order valence-corrected chi connectivity index (χ2v) is 4.47. The molecule has 0 atom stereocenters. The maximum absolute atomic E-state index is 5.89. The fraction of sp³-hybridized carbons (Fsp3) is 0.182. The van der Waals surface area contributed by atoms with Crippen LogP contribution in [0.1, 0.15) is 5.69 Å². The fourth-order valence-electron chi connectivity index (χ4n) is 1.87. The number of anilines is 1. The molecule has 0 unspecified atom stereocenters. The number of pyridine rings is 1. The Labute approximate surface area is 108 Å². The first-order valence-electron chi connectivity index (χ1n) is 5.39. The lowest BCUT2D eigenvalue weighted by atomic mass is 10.4. The van der Waals surface area contributed by atoms with Crippen molar-refractivity contribution in [2.75, 3.05) is 5.73 Å². The molecule has 92 valence electrons. The molecule has 0 aliphatic carbocycles. The lowest BCUT2D eigenvalue weighted by molar-refractivity contribution is 0.715. The van der Waals surface area contributed by atoms with E-state index in [4.69, 9.17) is 17.3 Å². The molecule has 3 aromatic heterocycles. The van der Waals surface area contributed by atoms with Crippen molar-refractivity contribution >= 4 is 28.7 Å². The highest BCUT2D eigenvalue weighted by Gasteiger charge is 2.11. The number of halogens is 1. The summed E-state index contributed by atoms with van der Waals surface area (Å²) < 4.78 is 3.56. The number of fused-ring (bicyclic) bond motifs is 1. The van der Waals surface area contributed by atoms with Gasteiger partial charge in [-0.25, -0.2) is 9.97 Å². The van der Waals surface area contributed by atoms with Gasteiger partial charge in [0.25, 0.3) is 0 Å². The Hall–Kier alpha value is -2.08. The van der Waals surface area contributed by atoms with Gasteiger partial charge in [-0.15, -0.1) is 0 Å². The largest absolute Gasteiger partial charge is 0.369 e. The molecule has 6 nitrogen and oxygen atoms in total. The Morgan fingerprint density at radius 2 is 2.28 bits per heavy atom. The maximum Gasteiger partial charge on any atom is 0.202 e. The third kappa shape index (κ3) is 1.80. The van der Waals surface area contributed by atoms with Crippen LogP contribution in [0.2, 0.25) is 5.02 Å². The molecule has 2 N–H and O–H groups in total. The van der Waals surface area contributed by atoms with Crippen LogP contribution >= 0.6 is 11.6 Å². The van der Waals surface area contributed by atoms with Gasteiger partial charge < -0.3 is 5.73 Å². The van der Waals surface area contributed by atoms with Crippen molar-refractivity contribution < 1.29 is 0 Å². The van der Waals surface area contributed by atoms with Crippen molar-refractivity contribution in [3.63, 3.8) is 0 Å². The molecule has 18 heavy (non-hydrogen) atoms. The van der Waals surface area contributed by atoms with Gasteiger partial charge in [-0.05, 0) is 12.1 Å². The molecule has 0 radical (unpaired) electrons. The number of aryl methyl sites for hydroxylation is 1. The molecule has 0 aliphatic rings. The third-order valence-corrected chi connectivity index (χ3v) is 2.88. The van der Waals surface area contributed by atoms with Gasteiger partial charge in [0, 0.05) is 19.4 Å². The SMILES string of the molecule is Cn1ccc(Cn2c(N)nc3cc(Cl)cnc32)n1. The summed E-state index contributed by atoms with van der Waals surface area (Å²) in [6.07, 6.45) is 3.47. The quantitative estimate of drug-likeness (QED) is 0.758. The molecule has 0 aliphatic heterocycles. The van der Waals surface area contributed by atoms with Gasteiger partial charge in [0.15, 0.2) is 5.65 Å². The van der Waals surface area contributed by atoms with E-state index in [1.807, 2.05) is 23.9 Å². The minimum absolute atomic E-state index is 0.408. The fourth-order valence-corrected chi connectivity index (χ4v) is 2.02. The van der Waals surface area contributed by atoms with Crippen LogP contribution in [-0.2, 0) is 13.6 Å².